The van der Waals surface area contributed by atoms with Gasteiger partial charge in [-0.1, -0.05) is 19.4 Å². The monoisotopic (exact) mass is 592 g/mol. The van der Waals surface area contributed by atoms with E-state index >= 15 is 0 Å². The van der Waals surface area contributed by atoms with E-state index in [1.54, 1.807) is 6.07 Å². The van der Waals surface area contributed by atoms with Crippen LogP contribution in [0.25, 0.3) is 6.08 Å². The number of ether oxygens (including phenoxy) is 7. The van der Waals surface area contributed by atoms with Crippen molar-refractivity contribution in [1.82, 2.24) is 0 Å². The lowest BCUT2D eigenvalue weighted by molar-refractivity contribution is -0.222. The third kappa shape index (κ3) is 9.89. The van der Waals surface area contributed by atoms with Gasteiger partial charge in [0.1, 0.15) is 12.2 Å². The minimum atomic E-state index is -2.00. The van der Waals surface area contributed by atoms with Crippen LogP contribution in [0.3, 0.4) is 0 Å². The molecule has 0 amide bonds. The summed E-state index contributed by atoms with van der Waals surface area (Å²) in [6.45, 7) is 6.48. The van der Waals surface area contributed by atoms with E-state index in [4.69, 9.17) is 33.2 Å². The smallest absolute Gasteiger partial charge is 0.350 e. The zero-order valence-electron chi connectivity index (χ0n) is 24.5. The molecule has 0 spiro atoms. The molecule has 13 heteroatoms. The van der Waals surface area contributed by atoms with E-state index in [-0.39, 0.29) is 18.1 Å². The second-order valence-corrected chi connectivity index (χ2v) is 9.52. The van der Waals surface area contributed by atoms with E-state index in [0.717, 1.165) is 33.3 Å². The molecule has 0 saturated heterocycles. The molecule has 13 nitrogen and oxygen atoms in total. The average Bonchev–Trinajstić information content (AvgIpc) is 2.89. The molecule has 1 aromatic carbocycles. The van der Waals surface area contributed by atoms with Crippen molar-refractivity contribution in [2.24, 2.45) is 0 Å². The maximum atomic E-state index is 13.2. The van der Waals surface area contributed by atoms with Crippen molar-refractivity contribution in [3.63, 3.8) is 0 Å². The van der Waals surface area contributed by atoms with Gasteiger partial charge in [-0.05, 0) is 30.2 Å². The zero-order valence-corrected chi connectivity index (χ0v) is 24.5. The van der Waals surface area contributed by atoms with Crippen molar-refractivity contribution < 1.29 is 61.9 Å². The largest absolute Gasteiger partial charge is 0.493 e. The molecule has 0 N–H and O–H groups in total. The van der Waals surface area contributed by atoms with Crippen LogP contribution in [-0.2, 0) is 52.5 Å². The first-order chi connectivity index (χ1) is 19.8. The summed E-state index contributed by atoms with van der Waals surface area (Å²) >= 11 is 0. The van der Waals surface area contributed by atoms with E-state index in [1.165, 1.54) is 32.2 Å². The number of methoxy groups -OCH3 is 1. The van der Waals surface area contributed by atoms with Crippen molar-refractivity contribution in [3.8, 4) is 11.5 Å². The van der Waals surface area contributed by atoms with Crippen molar-refractivity contribution in [3.05, 3.63) is 29.8 Å². The summed E-state index contributed by atoms with van der Waals surface area (Å²) in [4.78, 5) is 73.4. The van der Waals surface area contributed by atoms with Crippen LogP contribution < -0.4 is 9.47 Å². The lowest BCUT2D eigenvalue weighted by atomic mass is 9.78. The van der Waals surface area contributed by atoms with E-state index in [0.29, 0.717) is 12.0 Å². The van der Waals surface area contributed by atoms with Crippen LogP contribution >= 0.6 is 0 Å². The number of rotatable bonds is 12. The predicted octanol–water partition coefficient (Wildman–Crippen LogP) is 2.85. The van der Waals surface area contributed by atoms with Gasteiger partial charge in [0, 0.05) is 46.6 Å². The first-order valence-electron chi connectivity index (χ1n) is 13.3. The minimum Gasteiger partial charge on any atom is -0.493 e. The van der Waals surface area contributed by atoms with Gasteiger partial charge in [0.2, 0.25) is 5.60 Å². The molecule has 0 heterocycles. The summed E-state index contributed by atoms with van der Waals surface area (Å²) in [5.41, 5.74) is -1.52. The molecule has 0 bridgehead atoms. The Balaban J connectivity index is 2.42. The number of carbonyl (C=O) groups is 6. The fourth-order valence-corrected chi connectivity index (χ4v) is 4.37. The SMILES string of the molecule is CCCCOC(=O)[C@]1(OC(C)=O)CC(OC(C)=O)[C@@H](OC(C)=O)C(OC(=O)/C=C/c2ccc(OC(C)=O)c(OC)c2)C1. The Bertz CT molecular complexity index is 1200. The van der Waals surface area contributed by atoms with Crippen LogP contribution in [0.15, 0.2) is 24.3 Å². The third-order valence-corrected chi connectivity index (χ3v) is 5.98. The van der Waals surface area contributed by atoms with Crippen molar-refractivity contribution in [1.29, 1.82) is 0 Å². The molecule has 1 aliphatic carbocycles. The number of hydrogen-bond acceptors (Lipinski definition) is 13. The van der Waals surface area contributed by atoms with Gasteiger partial charge in [0.25, 0.3) is 0 Å². The van der Waals surface area contributed by atoms with Crippen LogP contribution in [0, 0.1) is 0 Å². The Hall–Kier alpha value is -4.42. The number of hydrogen-bond donors (Lipinski definition) is 0. The van der Waals surface area contributed by atoms with Crippen LogP contribution in [-0.4, -0.2) is 73.4 Å². The van der Waals surface area contributed by atoms with Crippen LogP contribution in [0.2, 0.25) is 0 Å². The first-order valence-corrected chi connectivity index (χ1v) is 13.3. The molecule has 42 heavy (non-hydrogen) atoms. The molecular weight excluding hydrogens is 556 g/mol. The summed E-state index contributed by atoms with van der Waals surface area (Å²) in [7, 11) is 1.38. The molecule has 2 rings (SSSR count). The Labute approximate surface area is 243 Å². The van der Waals surface area contributed by atoms with Gasteiger partial charge in [-0.15, -0.1) is 0 Å². The average molecular weight is 593 g/mol. The van der Waals surface area contributed by atoms with Gasteiger partial charge >= 0.3 is 35.8 Å². The van der Waals surface area contributed by atoms with Gasteiger partial charge in [0.15, 0.2) is 17.6 Å². The van der Waals surface area contributed by atoms with Crippen molar-refractivity contribution >= 4 is 41.9 Å². The third-order valence-electron chi connectivity index (χ3n) is 5.98. The van der Waals surface area contributed by atoms with Gasteiger partial charge in [-0.25, -0.2) is 9.59 Å². The molecule has 230 valence electrons. The highest BCUT2D eigenvalue weighted by Gasteiger charge is 2.58. The Morgan fingerprint density at radius 2 is 1.50 bits per heavy atom. The topological polar surface area (TPSA) is 167 Å². The molecule has 1 aliphatic rings. The van der Waals surface area contributed by atoms with Gasteiger partial charge in [-0.3, -0.25) is 19.2 Å². The minimum absolute atomic E-state index is 0.0385. The van der Waals surface area contributed by atoms with Crippen LogP contribution in [0.1, 0.15) is 65.9 Å². The quantitative estimate of drug-likeness (QED) is 0.114. The second kappa shape index (κ2) is 15.5. The zero-order chi connectivity index (χ0) is 31.4. The lowest BCUT2D eigenvalue weighted by Gasteiger charge is -2.44. The standard InChI is InChI=1S/C29H36O13/c1-7-8-13-37-28(35)29(42-20(5)33)15-24(39-18(3)31)27(40-19(4)32)25(16-29)41-26(34)12-10-21-9-11-22(38-17(2)30)23(14-21)36-6/h9-12,14,24-25,27H,7-8,13,15-16H2,1-6H3/b12-10+/t24?,25?,27-,29+/m1/s1. The lowest BCUT2D eigenvalue weighted by Crippen LogP contribution is -2.61. The summed E-state index contributed by atoms with van der Waals surface area (Å²) in [5.74, 6) is -4.32. The Kier molecular flexibility index (Phi) is 12.5. The summed E-state index contributed by atoms with van der Waals surface area (Å²) < 4.78 is 37.4. The van der Waals surface area contributed by atoms with E-state index in [2.05, 4.69) is 0 Å². The predicted molar refractivity (Wildman–Crippen MR) is 144 cm³/mol. The number of unbranched alkanes of at least 4 members (excludes halogenated alkanes) is 1. The van der Waals surface area contributed by atoms with Crippen LogP contribution in [0.5, 0.6) is 11.5 Å². The Morgan fingerprint density at radius 3 is 2.05 bits per heavy atom. The molecule has 1 fully saturated rings. The maximum absolute atomic E-state index is 13.2. The molecule has 0 aromatic heterocycles. The van der Waals surface area contributed by atoms with E-state index in [9.17, 15) is 28.8 Å². The number of carbonyl (C=O) groups excluding carboxylic acids is 6. The Morgan fingerprint density at radius 1 is 0.857 bits per heavy atom. The molecule has 1 aromatic rings. The van der Waals surface area contributed by atoms with Gasteiger partial charge in [0.05, 0.1) is 13.7 Å². The van der Waals surface area contributed by atoms with E-state index in [1.807, 2.05) is 6.92 Å². The first kappa shape index (κ1) is 33.8. The highest BCUT2D eigenvalue weighted by atomic mass is 16.6. The highest BCUT2D eigenvalue weighted by molar-refractivity contribution is 5.88. The highest BCUT2D eigenvalue weighted by Crippen LogP contribution is 2.38. The number of esters is 6. The second-order valence-electron chi connectivity index (χ2n) is 9.52. The normalized spacial score (nSPS) is 21.5. The van der Waals surface area contributed by atoms with Gasteiger partial charge in [-0.2, -0.15) is 0 Å². The number of benzene rings is 1. The molecular formula is C29H36O13. The fourth-order valence-electron chi connectivity index (χ4n) is 4.37. The molecule has 1 saturated carbocycles. The van der Waals surface area contributed by atoms with E-state index < -0.39 is 72.6 Å². The summed E-state index contributed by atoms with van der Waals surface area (Å²) in [5, 5.41) is 0. The molecule has 0 aliphatic heterocycles. The van der Waals surface area contributed by atoms with Crippen molar-refractivity contribution in [2.45, 2.75) is 84.2 Å². The summed E-state index contributed by atoms with van der Waals surface area (Å²) in [6.07, 6.45) is -1.14. The molecule has 2 unspecified atom stereocenters. The maximum Gasteiger partial charge on any atom is 0.350 e. The molecule has 0 radical (unpaired) electrons. The van der Waals surface area contributed by atoms with Gasteiger partial charge < -0.3 is 33.2 Å². The molecule has 4 atom stereocenters. The van der Waals surface area contributed by atoms with Crippen LogP contribution in [0.4, 0.5) is 0 Å². The van der Waals surface area contributed by atoms with Crippen molar-refractivity contribution in [2.75, 3.05) is 13.7 Å². The fraction of sp³-hybridized carbons (Fsp3) is 0.517. The summed E-state index contributed by atoms with van der Waals surface area (Å²) in [6, 6.07) is 4.55.